The summed E-state index contributed by atoms with van der Waals surface area (Å²) in [6.07, 6.45) is 0. The van der Waals surface area contributed by atoms with Gasteiger partial charge in [0.15, 0.2) is 5.76 Å². The molecule has 0 fully saturated rings. The van der Waals surface area contributed by atoms with Crippen molar-refractivity contribution in [3.05, 3.63) is 47.5 Å². The lowest BCUT2D eigenvalue weighted by molar-refractivity contribution is 0.394. The van der Waals surface area contributed by atoms with Gasteiger partial charge in [-0.3, -0.25) is 0 Å². The zero-order valence-corrected chi connectivity index (χ0v) is 16.2. The molecule has 27 heavy (non-hydrogen) atoms. The van der Waals surface area contributed by atoms with Gasteiger partial charge in [-0.15, -0.1) is 21.5 Å². The normalized spacial score (nSPS) is 10.9. The summed E-state index contributed by atoms with van der Waals surface area (Å²) in [7, 11) is 3.19. The van der Waals surface area contributed by atoms with Crippen LogP contribution in [0.25, 0.3) is 22.1 Å². The van der Waals surface area contributed by atoms with Crippen LogP contribution in [0.4, 0.5) is 0 Å². The molecule has 0 spiro atoms. The first-order valence-electron chi connectivity index (χ1n) is 7.94. The van der Waals surface area contributed by atoms with Crippen molar-refractivity contribution in [2.75, 3.05) is 14.2 Å². The summed E-state index contributed by atoms with van der Waals surface area (Å²) in [4.78, 5) is 1.05. The summed E-state index contributed by atoms with van der Waals surface area (Å²) < 4.78 is 21.7. The maximum Gasteiger partial charge on any atom is 0.277 e. The fourth-order valence-electron chi connectivity index (χ4n) is 2.37. The minimum absolute atomic E-state index is 0.397. The van der Waals surface area contributed by atoms with Crippen molar-refractivity contribution in [2.45, 2.75) is 11.0 Å². The van der Waals surface area contributed by atoms with Crippen molar-refractivity contribution in [1.82, 2.24) is 15.4 Å². The molecule has 0 atom stereocenters. The van der Waals surface area contributed by atoms with E-state index in [0.29, 0.717) is 28.4 Å². The van der Waals surface area contributed by atoms with E-state index in [-0.39, 0.29) is 0 Å². The first-order chi connectivity index (χ1) is 13.2. The van der Waals surface area contributed by atoms with E-state index < -0.39 is 0 Å². The third-order valence-electron chi connectivity index (χ3n) is 3.67. The molecule has 0 unspecified atom stereocenters. The smallest absolute Gasteiger partial charge is 0.277 e. The van der Waals surface area contributed by atoms with Gasteiger partial charge in [-0.1, -0.05) is 23.0 Å². The number of benzene rings is 1. The molecule has 4 rings (SSSR count). The molecule has 0 saturated heterocycles. The van der Waals surface area contributed by atoms with Gasteiger partial charge in [0.2, 0.25) is 5.89 Å². The van der Waals surface area contributed by atoms with Gasteiger partial charge in [0.05, 0.1) is 24.8 Å². The highest BCUT2D eigenvalue weighted by molar-refractivity contribution is 7.98. The first kappa shape index (κ1) is 17.6. The zero-order valence-electron chi connectivity index (χ0n) is 14.5. The number of aromatic nitrogens is 3. The first-order valence-corrected chi connectivity index (χ1v) is 9.81. The number of hydrogen-bond donors (Lipinski definition) is 0. The van der Waals surface area contributed by atoms with Gasteiger partial charge in [-0.05, 0) is 23.6 Å². The van der Waals surface area contributed by atoms with Crippen LogP contribution in [0.15, 0.2) is 55.9 Å². The van der Waals surface area contributed by atoms with Gasteiger partial charge < -0.3 is 18.4 Å². The maximum atomic E-state index is 5.74. The van der Waals surface area contributed by atoms with Crippen molar-refractivity contribution < 1.29 is 18.4 Å². The monoisotopic (exact) mass is 401 g/mol. The molecule has 0 amide bonds. The van der Waals surface area contributed by atoms with Gasteiger partial charge in [-0.2, -0.15) is 0 Å². The van der Waals surface area contributed by atoms with Gasteiger partial charge in [-0.25, -0.2) is 0 Å². The lowest BCUT2D eigenvalue weighted by atomic mass is 10.2. The maximum absolute atomic E-state index is 5.74. The molecule has 4 aromatic rings. The molecule has 9 heteroatoms. The topological polar surface area (TPSA) is 83.4 Å². The van der Waals surface area contributed by atoms with Crippen molar-refractivity contribution >= 4 is 23.1 Å². The molecule has 7 nitrogen and oxygen atoms in total. The summed E-state index contributed by atoms with van der Waals surface area (Å²) >= 11 is 3.01. The average Bonchev–Trinajstić information content (AvgIpc) is 3.46. The van der Waals surface area contributed by atoms with Crippen LogP contribution in [0.5, 0.6) is 11.5 Å². The fraction of sp³-hybridized carbons (Fsp3) is 0.167. The zero-order chi connectivity index (χ0) is 18.6. The SMILES string of the molecule is COc1cc(OC)cc(-c2nnc(SCc3cc(-c4cccs4)on3)o2)c1. The van der Waals surface area contributed by atoms with Crippen LogP contribution >= 0.6 is 23.1 Å². The van der Waals surface area contributed by atoms with Crippen LogP contribution in [0.2, 0.25) is 0 Å². The standard InChI is InChI=1S/C18H15N3O4S2/c1-22-13-6-11(7-14(9-13)23-2)17-19-20-18(24-17)27-10-12-8-15(25-21-12)16-4-3-5-26-16/h3-9H,10H2,1-2H3. The Hall–Kier alpha value is -2.78. The Bertz CT molecular complexity index is 1000. The Morgan fingerprint density at radius 3 is 2.59 bits per heavy atom. The minimum Gasteiger partial charge on any atom is -0.497 e. The predicted octanol–water partition coefficient (Wildman–Crippen LogP) is 4.76. The highest BCUT2D eigenvalue weighted by Gasteiger charge is 2.14. The van der Waals surface area contributed by atoms with Crippen LogP contribution < -0.4 is 9.47 Å². The Morgan fingerprint density at radius 2 is 1.89 bits per heavy atom. The highest BCUT2D eigenvalue weighted by atomic mass is 32.2. The number of rotatable bonds is 7. The molecule has 0 radical (unpaired) electrons. The largest absolute Gasteiger partial charge is 0.497 e. The number of nitrogens with zero attached hydrogens (tertiary/aromatic N) is 3. The summed E-state index contributed by atoms with van der Waals surface area (Å²) in [6.45, 7) is 0. The van der Waals surface area contributed by atoms with Crippen LogP contribution in [0.1, 0.15) is 5.69 Å². The van der Waals surface area contributed by atoms with Gasteiger partial charge >= 0.3 is 0 Å². The van der Waals surface area contributed by atoms with Crippen molar-refractivity contribution in [1.29, 1.82) is 0 Å². The molecule has 3 aromatic heterocycles. The Labute approximate surface area is 163 Å². The van der Waals surface area contributed by atoms with Crippen LogP contribution in [-0.4, -0.2) is 29.6 Å². The molecular formula is C18H15N3O4S2. The van der Waals surface area contributed by atoms with E-state index in [1.165, 1.54) is 11.8 Å². The average molecular weight is 401 g/mol. The van der Waals surface area contributed by atoms with Gasteiger partial charge in [0.1, 0.15) is 11.5 Å². The molecule has 0 N–H and O–H groups in total. The highest BCUT2D eigenvalue weighted by Crippen LogP contribution is 2.32. The lowest BCUT2D eigenvalue weighted by Crippen LogP contribution is -1.88. The number of ether oxygens (including phenoxy) is 2. The van der Waals surface area contributed by atoms with Gasteiger partial charge in [0, 0.05) is 23.4 Å². The van der Waals surface area contributed by atoms with E-state index in [0.717, 1.165) is 21.9 Å². The summed E-state index contributed by atoms with van der Waals surface area (Å²) in [5, 5.41) is 14.7. The molecule has 1 aromatic carbocycles. The summed E-state index contributed by atoms with van der Waals surface area (Å²) in [5.74, 6) is 3.03. The number of thioether (sulfide) groups is 1. The lowest BCUT2D eigenvalue weighted by Gasteiger charge is -2.05. The van der Waals surface area contributed by atoms with Crippen LogP contribution in [-0.2, 0) is 5.75 Å². The number of thiophene rings is 1. The van der Waals surface area contributed by atoms with Crippen molar-refractivity contribution in [2.24, 2.45) is 0 Å². The second-order valence-electron chi connectivity index (χ2n) is 5.42. The Morgan fingerprint density at radius 1 is 1.07 bits per heavy atom. The molecule has 138 valence electrons. The quantitative estimate of drug-likeness (QED) is 0.410. The van der Waals surface area contributed by atoms with Crippen molar-refractivity contribution in [3.63, 3.8) is 0 Å². The number of hydrogen-bond acceptors (Lipinski definition) is 9. The van der Waals surface area contributed by atoms with E-state index in [9.17, 15) is 0 Å². The van der Waals surface area contributed by atoms with Crippen molar-refractivity contribution in [3.8, 4) is 33.6 Å². The van der Waals surface area contributed by atoms with E-state index in [1.807, 2.05) is 35.7 Å². The molecule has 0 bridgehead atoms. The Balaban J connectivity index is 1.46. The molecular weight excluding hydrogens is 386 g/mol. The second-order valence-corrected chi connectivity index (χ2v) is 7.30. The predicted molar refractivity (Wildman–Crippen MR) is 102 cm³/mol. The Kier molecular flexibility index (Phi) is 5.12. The minimum atomic E-state index is 0.397. The fourth-order valence-corrected chi connectivity index (χ4v) is 3.68. The van der Waals surface area contributed by atoms with E-state index in [2.05, 4.69) is 15.4 Å². The molecule has 0 aliphatic rings. The van der Waals surface area contributed by atoms with E-state index in [1.54, 1.807) is 31.6 Å². The third-order valence-corrected chi connectivity index (χ3v) is 5.41. The summed E-state index contributed by atoms with van der Waals surface area (Å²) in [5.41, 5.74) is 1.54. The second kappa shape index (κ2) is 7.85. The van der Waals surface area contributed by atoms with E-state index >= 15 is 0 Å². The molecule has 0 aliphatic heterocycles. The summed E-state index contributed by atoms with van der Waals surface area (Å²) in [6, 6.07) is 11.3. The molecule has 0 aliphatic carbocycles. The van der Waals surface area contributed by atoms with Gasteiger partial charge in [0.25, 0.3) is 5.22 Å². The van der Waals surface area contributed by atoms with E-state index in [4.69, 9.17) is 18.4 Å². The number of methoxy groups -OCH3 is 2. The molecule has 3 heterocycles. The molecule has 0 saturated carbocycles. The third kappa shape index (κ3) is 3.99. The van der Waals surface area contributed by atoms with Crippen LogP contribution in [0, 0.1) is 0 Å². The van der Waals surface area contributed by atoms with Crippen LogP contribution in [0.3, 0.4) is 0 Å².